The lowest BCUT2D eigenvalue weighted by Gasteiger charge is -2.36. The van der Waals surface area contributed by atoms with Crippen LogP contribution in [0.15, 0.2) is 60.7 Å². The summed E-state index contributed by atoms with van der Waals surface area (Å²) < 4.78 is 1.84. The molecule has 1 aliphatic heterocycles. The zero-order valence-electron chi connectivity index (χ0n) is 20.8. The van der Waals surface area contributed by atoms with Gasteiger partial charge in [0.15, 0.2) is 0 Å². The van der Waals surface area contributed by atoms with Gasteiger partial charge in [-0.15, -0.1) is 5.10 Å². The van der Waals surface area contributed by atoms with Crippen molar-refractivity contribution in [2.45, 2.75) is 52.1 Å². The van der Waals surface area contributed by atoms with Crippen molar-refractivity contribution in [2.24, 2.45) is 0 Å². The van der Waals surface area contributed by atoms with Gasteiger partial charge in [0.25, 0.3) is 5.91 Å². The van der Waals surface area contributed by atoms with Crippen LogP contribution in [0.2, 0.25) is 0 Å². The number of carbonyl (C=O) groups is 2. The third-order valence-electron chi connectivity index (χ3n) is 7.43. The third kappa shape index (κ3) is 4.15. The summed E-state index contributed by atoms with van der Waals surface area (Å²) in [4.78, 5) is 27.1. The highest BCUT2D eigenvalue weighted by Gasteiger charge is 2.30. The van der Waals surface area contributed by atoms with Crippen molar-refractivity contribution < 1.29 is 14.7 Å². The Morgan fingerprint density at radius 1 is 1.11 bits per heavy atom. The minimum Gasteiger partial charge on any atom is -0.481 e. The molecule has 1 N–H and O–H groups in total. The van der Waals surface area contributed by atoms with E-state index in [0.29, 0.717) is 12.1 Å². The second-order valence-corrected chi connectivity index (χ2v) is 9.45. The molecule has 1 aromatic heterocycles. The number of nitrogens with zero attached hydrogens (tertiary/aromatic N) is 4. The average molecular weight is 483 g/mol. The Kier molecular flexibility index (Phi) is 6.31. The van der Waals surface area contributed by atoms with Gasteiger partial charge in [-0.3, -0.25) is 9.59 Å². The molecular weight excluding hydrogens is 452 g/mol. The quantitative estimate of drug-likeness (QED) is 0.412. The van der Waals surface area contributed by atoms with Crippen LogP contribution in [0, 0.1) is 6.92 Å². The van der Waals surface area contributed by atoms with Crippen molar-refractivity contribution in [3.05, 3.63) is 94.0 Å². The highest BCUT2D eigenvalue weighted by molar-refractivity contribution is 5.94. The number of hydrogen-bond donors (Lipinski definition) is 1. The van der Waals surface area contributed by atoms with Gasteiger partial charge in [0.2, 0.25) is 0 Å². The maximum atomic E-state index is 13.2. The molecule has 0 radical (unpaired) electrons. The van der Waals surface area contributed by atoms with E-state index in [1.54, 1.807) is 0 Å². The van der Waals surface area contributed by atoms with E-state index in [1.165, 1.54) is 5.56 Å². The Morgan fingerprint density at radius 3 is 2.61 bits per heavy atom. The molecule has 36 heavy (non-hydrogen) atoms. The van der Waals surface area contributed by atoms with E-state index in [4.69, 9.17) is 0 Å². The molecule has 0 spiro atoms. The van der Waals surface area contributed by atoms with E-state index in [9.17, 15) is 14.7 Å². The molecule has 0 saturated heterocycles. The predicted molar refractivity (Wildman–Crippen MR) is 138 cm³/mol. The molecule has 1 aliphatic rings. The fourth-order valence-electron chi connectivity index (χ4n) is 5.45. The molecule has 2 atom stereocenters. The van der Waals surface area contributed by atoms with Crippen LogP contribution in [-0.2, 0) is 17.8 Å². The largest absolute Gasteiger partial charge is 0.481 e. The summed E-state index contributed by atoms with van der Waals surface area (Å²) in [6, 6.07) is 19.5. The van der Waals surface area contributed by atoms with Crippen LogP contribution >= 0.6 is 0 Å². The predicted octanol–water partition coefficient (Wildman–Crippen LogP) is 5.13. The lowest BCUT2D eigenvalue weighted by atomic mass is 9.82. The van der Waals surface area contributed by atoms with Gasteiger partial charge in [0.1, 0.15) is 5.52 Å². The number of aryl methyl sites for hydroxylation is 2. The molecule has 0 saturated carbocycles. The monoisotopic (exact) mass is 482 g/mol. The highest BCUT2D eigenvalue weighted by atomic mass is 16.4. The Bertz CT molecular complexity index is 1440. The number of amides is 1. The molecule has 0 fully saturated rings. The lowest BCUT2D eigenvalue weighted by molar-refractivity contribution is -0.137. The number of aliphatic carboxylic acids is 1. The number of carboxylic acids is 1. The first kappa shape index (κ1) is 23.7. The second-order valence-electron chi connectivity index (χ2n) is 9.45. The van der Waals surface area contributed by atoms with Crippen molar-refractivity contribution in [2.75, 3.05) is 6.54 Å². The normalized spacial score (nSPS) is 16.1. The summed E-state index contributed by atoms with van der Waals surface area (Å²) in [7, 11) is 0. The summed E-state index contributed by atoms with van der Waals surface area (Å²) in [5.41, 5.74) is 7.53. The third-order valence-corrected chi connectivity index (χ3v) is 7.43. The van der Waals surface area contributed by atoms with Crippen LogP contribution in [0.3, 0.4) is 0 Å². The number of carboxylic acid groups (broad SMARTS) is 1. The van der Waals surface area contributed by atoms with Crippen LogP contribution in [0.4, 0.5) is 0 Å². The van der Waals surface area contributed by atoms with Crippen molar-refractivity contribution in [1.29, 1.82) is 0 Å². The minimum absolute atomic E-state index is 0.0153. The van der Waals surface area contributed by atoms with Crippen LogP contribution in [0.25, 0.3) is 11.0 Å². The molecule has 5 rings (SSSR count). The molecule has 1 unspecified atom stereocenters. The molecule has 0 bridgehead atoms. The van der Waals surface area contributed by atoms with Crippen LogP contribution < -0.4 is 0 Å². The second kappa shape index (κ2) is 9.57. The topological polar surface area (TPSA) is 88.3 Å². The summed E-state index contributed by atoms with van der Waals surface area (Å²) >= 11 is 0. The van der Waals surface area contributed by atoms with Crippen molar-refractivity contribution in [1.82, 2.24) is 19.9 Å². The summed E-state index contributed by atoms with van der Waals surface area (Å²) in [6.45, 7) is 7.43. The Morgan fingerprint density at radius 2 is 1.89 bits per heavy atom. The summed E-state index contributed by atoms with van der Waals surface area (Å²) in [6.07, 6.45) is 0.737. The van der Waals surface area contributed by atoms with E-state index in [0.717, 1.165) is 46.3 Å². The van der Waals surface area contributed by atoms with Crippen molar-refractivity contribution in [3.8, 4) is 0 Å². The molecular formula is C29H30N4O3. The number of fused-ring (bicyclic) bond motifs is 2. The van der Waals surface area contributed by atoms with E-state index in [1.807, 2.05) is 72.0 Å². The molecule has 184 valence electrons. The van der Waals surface area contributed by atoms with E-state index >= 15 is 0 Å². The van der Waals surface area contributed by atoms with Crippen molar-refractivity contribution in [3.63, 3.8) is 0 Å². The number of benzene rings is 3. The first-order valence-corrected chi connectivity index (χ1v) is 12.4. The molecule has 7 nitrogen and oxygen atoms in total. The molecule has 4 aromatic rings. The van der Waals surface area contributed by atoms with Crippen LogP contribution in [0.5, 0.6) is 0 Å². The van der Waals surface area contributed by atoms with Gasteiger partial charge in [0, 0.05) is 24.6 Å². The zero-order valence-corrected chi connectivity index (χ0v) is 20.8. The van der Waals surface area contributed by atoms with Gasteiger partial charge in [-0.05, 0) is 73.2 Å². The van der Waals surface area contributed by atoms with Gasteiger partial charge in [-0.25, -0.2) is 4.68 Å². The first-order chi connectivity index (χ1) is 17.4. The fraction of sp³-hybridized carbons (Fsp3) is 0.310. The Hall–Kier alpha value is -4.00. The maximum absolute atomic E-state index is 13.2. The average Bonchev–Trinajstić information content (AvgIpc) is 3.32. The van der Waals surface area contributed by atoms with Crippen molar-refractivity contribution >= 4 is 22.9 Å². The number of hydrogen-bond acceptors (Lipinski definition) is 4. The fourth-order valence-corrected chi connectivity index (χ4v) is 5.45. The number of aromatic nitrogens is 3. The maximum Gasteiger partial charge on any atom is 0.304 e. The number of carbonyl (C=O) groups excluding carboxylic acids is 1. The standard InChI is InChI=1S/C29H30N4O3/c1-4-33-26-13-12-23(18(2)28(26)30-31-33)25(17-27(34)35)22-11-10-20-14-15-32(19(3)24(20)16-22)29(36)21-8-6-5-7-9-21/h5-13,16,19,25H,4,14-15,17H2,1-3H3,(H,34,35)/t19-,25?/m1/s1. The molecule has 1 amide bonds. The van der Waals surface area contributed by atoms with E-state index in [-0.39, 0.29) is 24.3 Å². The highest BCUT2D eigenvalue weighted by Crippen LogP contribution is 2.37. The zero-order chi connectivity index (χ0) is 25.4. The molecule has 3 aromatic carbocycles. The molecule has 0 aliphatic carbocycles. The smallest absolute Gasteiger partial charge is 0.304 e. The van der Waals surface area contributed by atoms with Gasteiger partial charge < -0.3 is 10.0 Å². The van der Waals surface area contributed by atoms with Gasteiger partial charge >= 0.3 is 5.97 Å². The molecule has 7 heteroatoms. The van der Waals surface area contributed by atoms with Gasteiger partial charge in [-0.1, -0.05) is 47.7 Å². The van der Waals surface area contributed by atoms with Gasteiger partial charge in [0.05, 0.1) is 18.0 Å². The SMILES string of the molecule is CCn1nnc2c(C)c(C(CC(=O)O)c3ccc4c(c3)[C@@H](C)N(C(=O)c3ccccc3)CC4)ccc21. The number of rotatable bonds is 6. The Balaban J connectivity index is 1.54. The van der Waals surface area contributed by atoms with E-state index < -0.39 is 5.97 Å². The van der Waals surface area contributed by atoms with Gasteiger partial charge in [-0.2, -0.15) is 0 Å². The summed E-state index contributed by atoms with van der Waals surface area (Å²) in [5.74, 6) is -1.18. The van der Waals surface area contributed by atoms with Crippen LogP contribution in [0.1, 0.15) is 70.4 Å². The lowest BCUT2D eigenvalue weighted by Crippen LogP contribution is -2.39. The summed E-state index contributed by atoms with van der Waals surface area (Å²) in [5, 5.41) is 18.4. The molecule has 2 heterocycles. The van der Waals surface area contributed by atoms with Crippen LogP contribution in [-0.4, -0.2) is 43.4 Å². The Labute approximate surface area is 210 Å². The van der Waals surface area contributed by atoms with E-state index in [2.05, 4.69) is 29.4 Å². The first-order valence-electron chi connectivity index (χ1n) is 12.4. The minimum atomic E-state index is -0.858.